The van der Waals surface area contributed by atoms with Gasteiger partial charge in [0.1, 0.15) is 0 Å². The topological polar surface area (TPSA) is 52.6 Å². The van der Waals surface area contributed by atoms with Crippen molar-refractivity contribution in [1.29, 1.82) is 0 Å². The molecular weight excluding hydrogens is 461 g/mol. The minimum atomic E-state index is 0. The molecule has 0 atom stereocenters. The van der Waals surface area contributed by atoms with Crippen molar-refractivity contribution in [3.05, 3.63) is 42.2 Å². The largest absolute Gasteiger partial charge is 0.357 e. The Morgan fingerprint density at radius 1 is 1.18 bits per heavy atom. The molecule has 0 unspecified atom stereocenters. The summed E-state index contributed by atoms with van der Waals surface area (Å²) in [5.74, 6) is 1.77. The lowest BCUT2D eigenvalue weighted by Crippen LogP contribution is -2.39. The van der Waals surface area contributed by atoms with Crippen molar-refractivity contribution in [2.75, 3.05) is 32.7 Å². The van der Waals surface area contributed by atoms with Gasteiger partial charge in [-0.2, -0.15) is 0 Å². The number of hydrogen-bond donors (Lipinski definition) is 2. The Kier molecular flexibility index (Phi) is 9.98. The summed E-state index contributed by atoms with van der Waals surface area (Å²) in [5, 5.41) is 9.21. The quantitative estimate of drug-likeness (QED) is 0.264. The number of pyridine rings is 1. The maximum Gasteiger partial charge on any atom is 0.191 e. The van der Waals surface area contributed by atoms with Crippen LogP contribution in [0.1, 0.15) is 38.8 Å². The lowest BCUT2D eigenvalue weighted by atomic mass is 9.99. The number of nitrogens with zero attached hydrogens (tertiary/aromatic N) is 3. The molecular formula is C22H34IN5. The second kappa shape index (κ2) is 12.2. The highest BCUT2D eigenvalue weighted by molar-refractivity contribution is 14.0. The Morgan fingerprint density at radius 2 is 1.96 bits per heavy atom. The van der Waals surface area contributed by atoms with Crippen LogP contribution in [-0.2, 0) is 6.54 Å². The fraction of sp³-hybridized carbons (Fsp3) is 0.545. The predicted octanol–water partition coefficient (Wildman–Crippen LogP) is 4.03. The number of rotatable bonds is 7. The van der Waals surface area contributed by atoms with E-state index in [1.165, 1.54) is 43.2 Å². The first-order chi connectivity index (χ1) is 13.3. The van der Waals surface area contributed by atoms with Crippen molar-refractivity contribution >= 4 is 40.7 Å². The molecule has 1 fully saturated rings. The van der Waals surface area contributed by atoms with Gasteiger partial charge in [-0.15, -0.1) is 24.0 Å². The van der Waals surface area contributed by atoms with Gasteiger partial charge in [-0.25, -0.2) is 4.99 Å². The zero-order valence-electron chi connectivity index (χ0n) is 17.2. The van der Waals surface area contributed by atoms with Gasteiger partial charge in [0.25, 0.3) is 0 Å². The molecule has 0 spiro atoms. The van der Waals surface area contributed by atoms with E-state index in [2.05, 4.69) is 58.6 Å². The first kappa shape index (κ1) is 22.9. The van der Waals surface area contributed by atoms with Crippen LogP contribution >= 0.6 is 24.0 Å². The van der Waals surface area contributed by atoms with Crippen molar-refractivity contribution < 1.29 is 0 Å². The molecule has 6 heteroatoms. The van der Waals surface area contributed by atoms with Crippen LogP contribution in [0.3, 0.4) is 0 Å². The van der Waals surface area contributed by atoms with Crippen LogP contribution in [0.5, 0.6) is 0 Å². The summed E-state index contributed by atoms with van der Waals surface area (Å²) in [4.78, 5) is 11.9. The highest BCUT2D eigenvalue weighted by Gasteiger charge is 2.14. The summed E-state index contributed by atoms with van der Waals surface area (Å²) in [6.45, 7) is 10.5. The Labute approximate surface area is 186 Å². The maximum absolute atomic E-state index is 4.75. The minimum Gasteiger partial charge on any atom is -0.357 e. The number of halogens is 1. The zero-order valence-corrected chi connectivity index (χ0v) is 19.5. The van der Waals surface area contributed by atoms with Crippen molar-refractivity contribution in [3.63, 3.8) is 0 Å². The van der Waals surface area contributed by atoms with E-state index < -0.39 is 0 Å². The van der Waals surface area contributed by atoms with Crippen LogP contribution in [0, 0.1) is 5.92 Å². The molecule has 2 N–H and O–H groups in total. The number of aliphatic imine (C=N–C) groups is 1. The Morgan fingerprint density at radius 3 is 2.75 bits per heavy atom. The molecule has 0 amide bonds. The first-order valence-electron chi connectivity index (χ1n) is 10.3. The highest BCUT2D eigenvalue weighted by Crippen LogP contribution is 2.17. The van der Waals surface area contributed by atoms with Crippen molar-refractivity contribution in [1.82, 2.24) is 20.5 Å². The third-order valence-corrected chi connectivity index (χ3v) is 5.31. The molecule has 2 aromatic rings. The minimum absolute atomic E-state index is 0. The van der Waals surface area contributed by atoms with E-state index in [9.17, 15) is 0 Å². The van der Waals surface area contributed by atoms with E-state index in [1.54, 1.807) is 0 Å². The van der Waals surface area contributed by atoms with Crippen LogP contribution in [0.4, 0.5) is 0 Å². The average Bonchev–Trinajstić information content (AvgIpc) is 2.70. The molecule has 0 bridgehead atoms. The van der Waals surface area contributed by atoms with Gasteiger partial charge in [0.15, 0.2) is 5.96 Å². The van der Waals surface area contributed by atoms with Gasteiger partial charge in [0, 0.05) is 24.7 Å². The van der Waals surface area contributed by atoms with Crippen LogP contribution in [0.2, 0.25) is 0 Å². The van der Waals surface area contributed by atoms with E-state index in [1.807, 2.05) is 12.3 Å². The molecule has 1 aromatic carbocycles. The summed E-state index contributed by atoms with van der Waals surface area (Å²) in [6.07, 6.45) is 5.70. The van der Waals surface area contributed by atoms with Crippen LogP contribution in [-0.4, -0.2) is 48.6 Å². The average molecular weight is 495 g/mol. The molecule has 2 heterocycles. The van der Waals surface area contributed by atoms with E-state index in [0.717, 1.165) is 37.1 Å². The van der Waals surface area contributed by atoms with Crippen LogP contribution in [0.25, 0.3) is 10.8 Å². The molecule has 28 heavy (non-hydrogen) atoms. The summed E-state index contributed by atoms with van der Waals surface area (Å²) in [5.41, 5.74) is 1.02. The summed E-state index contributed by atoms with van der Waals surface area (Å²) >= 11 is 0. The first-order valence-corrected chi connectivity index (χ1v) is 10.3. The van der Waals surface area contributed by atoms with Crippen molar-refractivity contribution in [3.8, 4) is 0 Å². The maximum atomic E-state index is 4.75. The number of nitrogens with one attached hydrogen (secondary N) is 2. The van der Waals surface area contributed by atoms with Gasteiger partial charge in [0.05, 0.1) is 12.2 Å². The van der Waals surface area contributed by atoms with E-state index >= 15 is 0 Å². The number of guanidine groups is 1. The molecule has 1 aliphatic rings. The van der Waals surface area contributed by atoms with E-state index in [4.69, 9.17) is 4.99 Å². The monoisotopic (exact) mass is 495 g/mol. The Balaban J connectivity index is 0.00000280. The lowest BCUT2D eigenvalue weighted by molar-refractivity contribution is 0.191. The van der Waals surface area contributed by atoms with E-state index in [-0.39, 0.29) is 24.0 Å². The molecule has 1 aromatic heterocycles. The number of likely N-dealkylation sites (tertiary alicyclic amines) is 1. The number of aromatic nitrogens is 1. The molecule has 5 nitrogen and oxygen atoms in total. The Bertz CT molecular complexity index is 735. The van der Waals surface area contributed by atoms with Gasteiger partial charge in [-0.05, 0) is 63.2 Å². The van der Waals surface area contributed by atoms with Gasteiger partial charge in [-0.1, -0.05) is 31.2 Å². The summed E-state index contributed by atoms with van der Waals surface area (Å²) in [7, 11) is 0. The lowest BCUT2D eigenvalue weighted by Gasteiger charge is -2.30. The molecule has 0 aliphatic carbocycles. The van der Waals surface area contributed by atoms with Gasteiger partial charge < -0.3 is 15.5 Å². The molecule has 1 saturated heterocycles. The van der Waals surface area contributed by atoms with Gasteiger partial charge in [-0.3, -0.25) is 4.98 Å². The molecule has 0 saturated carbocycles. The number of benzene rings is 1. The number of piperidine rings is 1. The molecule has 154 valence electrons. The third kappa shape index (κ3) is 6.88. The molecule has 3 rings (SSSR count). The highest BCUT2D eigenvalue weighted by atomic mass is 127. The number of hydrogen-bond acceptors (Lipinski definition) is 3. The third-order valence-electron chi connectivity index (χ3n) is 5.31. The second-order valence-corrected chi connectivity index (χ2v) is 7.48. The second-order valence-electron chi connectivity index (χ2n) is 7.48. The SMILES string of the molecule is CCNC(=NCc1nccc2ccccc12)NCCCN1CCC(C)CC1.I. The predicted molar refractivity (Wildman–Crippen MR) is 129 cm³/mol. The normalized spacial score (nSPS) is 16.0. The number of fused-ring (bicyclic) bond motifs is 1. The zero-order chi connectivity index (χ0) is 18.9. The molecule has 1 aliphatic heterocycles. The van der Waals surface area contributed by atoms with Crippen LogP contribution < -0.4 is 10.6 Å². The fourth-order valence-electron chi connectivity index (χ4n) is 3.60. The smallest absolute Gasteiger partial charge is 0.191 e. The summed E-state index contributed by atoms with van der Waals surface area (Å²) < 4.78 is 0. The van der Waals surface area contributed by atoms with Crippen LogP contribution in [0.15, 0.2) is 41.5 Å². The fourth-order valence-corrected chi connectivity index (χ4v) is 3.60. The van der Waals surface area contributed by atoms with Crippen molar-refractivity contribution in [2.24, 2.45) is 10.9 Å². The van der Waals surface area contributed by atoms with Gasteiger partial charge in [0.2, 0.25) is 0 Å². The summed E-state index contributed by atoms with van der Waals surface area (Å²) in [6, 6.07) is 10.4. The van der Waals surface area contributed by atoms with Gasteiger partial charge >= 0.3 is 0 Å². The molecule has 0 radical (unpaired) electrons. The van der Waals surface area contributed by atoms with E-state index in [0.29, 0.717) is 6.54 Å². The standard InChI is InChI=1S/C22H33N5.HI/c1-3-23-22(25-12-6-14-27-15-10-18(2)11-16-27)26-17-21-20-8-5-4-7-19(20)9-13-24-21;/h4-5,7-9,13,18H,3,6,10-12,14-17H2,1-2H3,(H2,23,25,26);1H. The van der Waals surface area contributed by atoms with Crippen molar-refractivity contribution in [2.45, 2.75) is 39.7 Å². The Hall–Kier alpha value is -1.41.